The fourth-order valence-electron chi connectivity index (χ4n) is 0.700. The van der Waals surface area contributed by atoms with Crippen LogP contribution in [-0.4, -0.2) is 13.1 Å². The van der Waals surface area contributed by atoms with Gasteiger partial charge >= 0.3 is 5.97 Å². The van der Waals surface area contributed by atoms with Crippen LogP contribution in [0.4, 0.5) is 4.39 Å². The molecule has 0 aliphatic rings. The molecule has 0 atom stereocenters. The highest BCUT2D eigenvalue weighted by atomic mass is 79.9. The van der Waals surface area contributed by atoms with Gasteiger partial charge in [0.25, 0.3) is 0 Å². The predicted molar refractivity (Wildman–Crippen MR) is 48.2 cm³/mol. The Morgan fingerprint density at radius 3 is 2.92 bits per heavy atom. The maximum absolute atomic E-state index is 13.1. The SMILES string of the molecule is COC(=O)c1scc(CBr)c1F. The van der Waals surface area contributed by atoms with E-state index in [-0.39, 0.29) is 4.88 Å². The van der Waals surface area contributed by atoms with E-state index in [1.807, 2.05) is 0 Å². The van der Waals surface area contributed by atoms with Gasteiger partial charge in [-0.25, -0.2) is 9.18 Å². The van der Waals surface area contributed by atoms with Crippen molar-refractivity contribution < 1.29 is 13.9 Å². The summed E-state index contributed by atoms with van der Waals surface area (Å²) in [6, 6.07) is 0. The van der Waals surface area contributed by atoms with Gasteiger partial charge in [0.05, 0.1) is 7.11 Å². The smallest absolute Gasteiger partial charge is 0.351 e. The van der Waals surface area contributed by atoms with E-state index >= 15 is 0 Å². The zero-order chi connectivity index (χ0) is 9.14. The lowest BCUT2D eigenvalue weighted by molar-refractivity contribution is 0.0601. The third kappa shape index (κ3) is 1.67. The van der Waals surface area contributed by atoms with E-state index in [1.54, 1.807) is 5.38 Å². The average molecular weight is 253 g/mol. The molecule has 1 rings (SSSR count). The van der Waals surface area contributed by atoms with Crippen molar-refractivity contribution in [1.82, 2.24) is 0 Å². The Morgan fingerprint density at radius 2 is 2.50 bits per heavy atom. The van der Waals surface area contributed by atoms with Crippen molar-refractivity contribution in [3.8, 4) is 0 Å². The molecule has 1 heterocycles. The van der Waals surface area contributed by atoms with Crippen molar-refractivity contribution in [3.63, 3.8) is 0 Å². The van der Waals surface area contributed by atoms with Crippen molar-refractivity contribution in [2.75, 3.05) is 7.11 Å². The lowest BCUT2D eigenvalue weighted by Crippen LogP contribution is -2.00. The molecule has 66 valence electrons. The van der Waals surface area contributed by atoms with Gasteiger partial charge in [-0.15, -0.1) is 11.3 Å². The third-order valence-corrected chi connectivity index (χ3v) is 2.90. The summed E-state index contributed by atoms with van der Waals surface area (Å²) in [5.74, 6) is -1.10. The van der Waals surface area contributed by atoms with Crippen molar-refractivity contribution in [2.24, 2.45) is 0 Å². The Kier molecular flexibility index (Phi) is 3.22. The van der Waals surface area contributed by atoms with E-state index in [9.17, 15) is 9.18 Å². The van der Waals surface area contributed by atoms with E-state index in [1.165, 1.54) is 7.11 Å². The lowest BCUT2D eigenvalue weighted by atomic mass is 10.3. The number of hydrogen-bond acceptors (Lipinski definition) is 3. The normalized spacial score (nSPS) is 9.92. The second kappa shape index (κ2) is 4.00. The standard InChI is InChI=1S/C7H6BrFO2S/c1-11-7(10)6-5(9)4(2-8)3-12-6/h3H,2H2,1H3. The van der Waals surface area contributed by atoms with Crippen LogP contribution >= 0.6 is 27.3 Å². The van der Waals surface area contributed by atoms with Gasteiger partial charge in [0.1, 0.15) is 4.88 Å². The van der Waals surface area contributed by atoms with E-state index in [4.69, 9.17) is 0 Å². The summed E-state index contributed by atoms with van der Waals surface area (Å²) in [6.07, 6.45) is 0. The summed E-state index contributed by atoms with van der Waals surface area (Å²) in [6.45, 7) is 0. The molecular formula is C7H6BrFO2S. The highest BCUT2D eigenvalue weighted by Crippen LogP contribution is 2.23. The van der Waals surface area contributed by atoms with Crippen LogP contribution in [0.2, 0.25) is 0 Å². The number of rotatable bonds is 2. The second-order valence-corrected chi connectivity index (χ2v) is 3.47. The number of halogens is 2. The number of carbonyl (C=O) groups excluding carboxylic acids is 1. The van der Waals surface area contributed by atoms with Crippen LogP contribution in [0.25, 0.3) is 0 Å². The topological polar surface area (TPSA) is 26.3 Å². The van der Waals surface area contributed by atoms with Crippen molar-refractivity contribution in [2.45, 2.75) is 5.33 Å². The molecule has 0 N–H and O–H groups in total. The van der Waals surface area contributed by atoms with Crippen molar-refractivity contribution in [3.05, 3.63) is 21.6 Å². The summed E-state index contributed by atoms with van der Waals surface area (Å²) < 4.78 is 17.5. The minimum Gasteiger partial charge on any atom is -0.465 e. The molecule has 0 unspecified atom stereocenters. The monoisotopic (exact) mass is 252 g/mol. The first-order valence-electron chi connectivity index (χ1n) is 3.10. The van der Waals surface area contributed by atoms with Crippen LogP contribution in [0.5, 0.6) is 0 Å². The molecular weight excluding hydrogens is 247 g/mol. The highest BCUT2D eigenvalue weighted by molar-refractivity contribution is 9.08. The first-order chi connectivity index (χ1) is 5.70. The number of carbonyl (C=O) groups is 1. The van der Waals surface area contributed by atoms with Gasteiger partial charge in [-0.05, 0) is 5.38 Å². The largest absolute Gasteiger partial charge is 0.465 e. The number of esters is 1. The zero-order valence-electron chi connectivity index (χ0n) is 6.27. The number of ether oxygens (including phenoxy) is 1. The molecule has 12 heavy (non-hydrogen) atoms. The molecule has 1 aromatic rings. The minimum absolute atomic E-state index is 0.0342. The summed E-state index contributed by atoms with van der Waals surface area (Å²) in [7, 11) is 1.23. The van der Waals surface area contributed by atoms with Gasteiger partial charge < -0.3 is 4.74 Å². The Hall–Kier alpha value is -0.420. The third-order valence-electron chi connectivity index (χ3n) is 1.32. The Morgan fingerprint density at radius 1 is 1.83 bits per heavy atom. The Labute approximate surface area is 81.5 Å². The average Bonchev–Trinajstić information content (AvgIpc) is 2.45. The van der Waals surface area contributed by atoms with Gasteiger partial charge in [-0.3, -0.25) is 0 Å². The minimum atomic E-state index is -0.621. The highest BCUT2D eigenvalue weighted by Gasteiger charge is 2.17. The number of thiophene rings is 1. The molecule has 5 heteroatoms. The van der Waals surface area contributed by atoms with Crippen molar-refractivity contribution >= 4 is 33.2 Å². The molecule has 0 bridgehead atoms. The van der Waals surface area contributed by atoms with E-state index < -0.39 is 11.8 Å². The number of methoxy groups -OCH3 is 1. The van der Waals surface area contributed by atoms with Gasteiger partial charge in [-0.1, -0.05) is 15.9 Å². The summed E-state index contributed by atoms with van der Waals surface area (Å²) in [5.41, 5.74) is 0.486. The van der Waals surface area contributed by atoms with Crippen LogP contribution in [0.1, 0.15) is 15.2 Å². The van der Waals surface area contributed by atoms with Crippen LogP contribution in [0.3, 0.4) is 0 Å². The maximum Gasteiger partial charge on any atom is 0.351 e. The van der Waals surface area contributed by atoms with Gasteiger partial charge in [-0.2, -0.15) is 0 Å². The fourth-order valence-corrected chi connectivity index (χ4v) is 2.18. The molecule has 0 fully saturated rings. The fraction of sp³-hybridized carbons (Fsp3) is 0.286. The molecule has 0 radical (unpaired) electrons. The molecule has 0 aliphatic heterocycles. The Bertz CT molecular complexity index is 298. The predicted octanol–water partition coefficient (Wildman–Crippen LogP) is 2.57. The number of hydrogen-bond donors (Lipinski definition) is 0. The van der Waals surface area contributed by atoms with Crippen LogP contribution in [-0.2, 0) is 10.1 Å². The van der Waals surface area contributed by atoms with Gasteiger partial charge in [0.15, 0.2) is 5.82 Å². The Balaban J connectivity index is 3.02. The molecule has 2 nitrogen and oxygen atoms in total. The molecule has 0 amide bonds. The first-order valence-corrected chi connectivity index (χ1v) is 5.11. The quantitative estimate of drug-likeness (QED) is 0.598. The lowest BCUT2D eigenvalue weighted by Gasteiger charge is -1.94. The summed E-state index contributed by atoms with van der Waals surface area (Å²) >= 11 is 4.16. The summed E-state index contributed by atoms with van der Waals surface area (Å²) in [5, 5.41) is 2.00. The molecule has 0 aromatic carbocycles. The van der Waals surface area contributed by atoms with Crippen LogP contribution in [0.15, 0.2) is 5.38 Å². The summed E-state index contributed by atoms with van der Waals surface area (Å²) in [4.78, 5) is 10.9. The van der Waals surface area contributed by atoms with Gasteiger partial charge in [0.2, 0.25) is 0 Å². The van der Waals surface area contributed by atoms with E-state index in [0.29, 0.717) is 10.9 Å². The van der Waals surface area contributed by atoms with Crippen LogP contribution < -0.4 is 0 Å². The van der Waals surface area contributed by atoms with E-state index in [0.717, 1.165) is 11.3 Å². The first kappa shape index (κ1) is 9.67. The molecule has 1 aromatic heterocycles. The van der Waals surface area contributed by atoms with Crippen LogP contribution in [0, 0.1) is 5.82 Å². The zero-order valence-corrected chi connectivity index (χ0v) is 8.67. The van der Waals surface area contributed by atoms with E-state index in [2.05, 4.69) is 20.7 Å². The molecule has 0 spiro atoms. The molecule has 0 aliphatic carbocycles. The van der Waals surface area contributed by atoms with Gasteiger partial charge in [0, 0.05) is 10.9 Å². The second-order valence-electron chi connectivity index (χ2n) is 2.03. The molecule has 0 saturated carbocycles. The maximum atomic E-state index is 13.1. The molecule has 0 saturated heterocycles. The van der Waals surface area contributed by atoms with Crippen molar-refractivity contribution in [1.29, 1.82) is 0 Å². The number of alkyl halides is 1.